The molecule has 0 aromatic heterocycles. The molecule has 0 radical (unpaired) electrons. The molecule has 0 N–H and O–H groups in total. The van der Waals surface area contributed by atoms with E-state index in [1.807, 2.05) is 0 Å². The molecular formula is C14H27NO3. The molecule has 4 nitrogen and oxygen atoms in total. The summed E-state index contributed by atoms with van der Waals surface area (Å²) in [4.78, 5) is 2.45. The van der Waals surface area contributed by atoms with Crippen LogP contribution in [0.1, 0.15) is 33.1 Å². The Morgan fingerprint density at radius 2 is 1.78 bits per heavy atom. The maximum absolute atomic E-state index is 5.72. The minimum atomic E-state index is -0.241. The van der Waals surface area contributed by atoms with Crippen LogP contribution in [0.4, 0.5) is 0 Å². The summed E-state index contributed by atoms with van der Waals surface area (Å²) >= 11 is 0. The Morgan fingerprint density at radius 1 is 1.11 bits per heavy atom. The molecule has 2 fully saturated rings. The predicted octanol–water partition coefficient (Wildman–Crippen LogP) is 1.89. The number of rotatable bonds is 6. The average molecular weight is 257 g/mol. The SMILES string of the molecule is CC(C)CCOCCN1CCC2(CC1)OCCO2. The lowest BCUT2D eigenvalue weighted by Gasteiger charge is -2.37. The molecule has 0 aromatic rings. The number of likely N-dealkylation sites (tertiary alicyclic amines) is 1. The molecule has 2 aliphatic heterocycles. The Labute approximate surface area is 111 Å². The highest BCUT2D eigenvalue weighted by Crippen LogP contribution is 2.30. The quantitative estimate of drug-likeness (QED) is 0.680. The molecule has 0 unspecified atom stereocenters. The molecule has 2 heterocycles. The van der Waals surface area contributed by atoms with Crippen LogP contribution in [0, 0.1) is 5.92 Å². The Hall–Kier alpha value is -0.160. The zero-order valence-electron chi connectivity index (χ0n) is 11.8. The van der Waals surface area contributed by atoms with Gasteiger partial charge in [0, 0.05) is 39.1 Å². The van der Waals surface area contributed by atoms with E-state index in [1.165, 1.54) is 0 Å². The van der Waals surface area contributed by atoms with E-state index in [9.17, 15) is 0 Å². The Kier molecular flexibility index (Phi) is 5.42. The van der Waals surface area contributed by atoms with E-state index < -0.39 is 0 Å². The van der Waals surface area contributed by atoms with Crippen molar-refractivity contribution in [3.8, 4) is 0 Å². The summed E-state index contributed by atoms with van der Waals surface area (Å²) in [5.74, 6) is 0.492. The van der Waals surface area contributed by atoms with Gasteiger partial charge in [0.05, 0.1) is 19.8 Å². The Morgan fingerprint density at radius 3 is 2.39 bits per heavy atom. The summed E-state index contributed by atoms with van der Waals surface area (Å²) in [6.07, 6.45) is 3.16. The number of ether oxygens (including phenoxy) is 3. The molecule has 106 valence electrons. The van der Waals surface area contributed by atoms with Gasteiger partial charge in [-0.3, -0.25) is 0 Å². The van der Waals surface area contributed by atoms with E-state index >= 15 is 0 Å². The minimum Gasteiger partial charge on any atom is -0.380 e. The molecular weight excluding hydrogens is 230 g/mol. The van der Waals surface area contributed by atoms with Crippen LogP contribution in [0.25, 0.3) is 0 Å². The second-order valence-electron chi connectivity index (χ2n) is 5.74. The summed E-state index contributed by atoms with van der Waals surface area (Å²) in [6.45, 7) is 10.9. The van der Waals surface area contributed by atoms with Crippen molar-refractivity contribution in [2.24, 2.45) is 5.92 Å². The van der Waals surface area contributed by atoms with Gasteiger partial charge >= 0.3 is 0 Å². The highest BCUT2D eigenvalue weighted by molar-refractivity contribution is 4.82. The summed E-state index contributed by atoms with van der Waals surface area (Å²) < 4.78 is 17.1. The molecule has 0 saturated carbocycles. The first-order chi connectivity index (χ1) is 8.70. The summed E-state index contributed by atoms with van der Waals surface area (Å²) in [5, 5.41) is 0. The minimum absolute atomic E-state index is 0.241. The van der Waals surface area contributed by atoms with Crippen LogP contribution in [0.15, 0.2) is 0 Å². The zero-order chi connectivity index (χ0) is 12.8. The molecule has 0 aromatic carbocycles. The van der Waals surface area contributed by atoms with Gasteiger partial charge in [-0.1, -0.05) is 13.8 Å². The fourth-order valence-electron chi connectivity index (χ4n) is 2.52. The van der Waals surface area contributed by atoms with E-state index in [0.29, 0.717) is 0 Å². The molecule has 0 amide bonds. The van der Waals surface area contributed by atoms with Crippen molar-refractivity contribution < 1.29 is 14.2 Å². The van der Waals surface area contributed by atoms with Crippen molar-refractivity contribution in [3.63, 3.8) is 0 Å². The second-order valence-corrected chi connectivity index (χ2v) is 5.74. The van der Waals surface area contributed by atoms with Crippen LogP contribution in [0.3, 0.4) is 0 Å². The normalized spacial score (nSPS) is 24.2. The summed E-state index contributed by atoms with van der Waals surface area (Å²) in [5.41, 5.74) is 0. The smallest absolute Gasteiger partial charge is 0.170 e. The monoisotopic (exact) mass is 257 g/mol. The van der Waals surface area contributed by atoms with Gasteiger partial charge in [-0.05, 0) is 12.3 Å². The number of hydrogen-bond donors (Lipinski definition) is 0. The molecule has 0 atom stereocenters. The van der Waals surface area contributed by atoms with Crippen molar-refractivity contribution in [1.29, 1.82) is 0 Å². The van der Waals surface area contributed by atoms with Gasteiger partial charge in [0.15, 0.2) is 5.79 Å². The Bertz CT molecular complexity index is 229. The van der Waals surface area contributed by atoms with Gasteiger partial charge in [0.25, 0.3) is 0 Å². The molecule has 1 spiro atoms. The van der Waals surface area contributed by atoms with Crippen LogP contribution < -0.4 is 0 Å². The van der Waals surface area contributed by atoms with E-state index in [1.54, 1.807) is 0 Å². The number of piperidine rings is 1. The highest BCUT2D eigenvalue weighted by atomic mass is 16.7. The van der Waals surface area contributed by atoms with Crippen LogP contribution in [-0.4, -0.2) is 56.7 Å². The molecule has 2 saturated heterocycles. The van der Waals surface area contributed by atoms with Crippen LogP contribution in [0.2, 0.25) is 0 Å². The van der Waals surface area contributed by atoms with Gasteiger partial charge in [-0.15, -0.1) is 0 Å². The van der Waals surface area contributed by atoms with Gasteiger partial charge in [0.2, 0.25) is 0 Å². The Balaban J connectivity index is 1.54. The largest absolute Gasteiger partial charge is 0.380 e. The van der Waals surface area contributed by atoms with Crippen LogP contribution in [-0.2, 0) is 14.2 Å². The van der Waals surface area contributed by atoms with Crippen LogP contribution >= 0.6 is 0 Å². The number of hydrogen-bond acceptors (Lipinski definition) is 4. The second kappa shape index (κ2) is 6.85. The van der Waals surface area contributed by atoms with Crippen molar-refractivity contribution in [2.45, 2.75) is 38.9 Å². The number of nitrogens with zero attached hydrogens (tertiary/aromatic N) is 1. The van der Waals surface area contributed by atoms with Crippen molar-refractivity contribution in [2.75, 3.05) is 46.1 Å². The van der Waals surface area contributed by atoms with Gasteiger partial charge in [-0.25, -0.2) is 0 Å². The first kappa shape index (κ1) is 14.3. The zero-order valence-corrected chi connectivity index (χ0v) is 11.8. The third-order valence-electron chi connectivity index (χ3n) is 3.82. The topological polar surface area (TPSA) is 30.9 Å². The lowest BCUT2D eigenvalue weighted by molar-refractivity contribution is -0.185. The fraction of sp³-hybridized carbons (Fsp3) is 1.00. The molecule has 18 heavy (non-hydrogen) atoms. The van der Waals surface area contributed by atoms with Crippen LogP contribution in [0.5, 0.6) is 0 Å². The molecule has 2 rings (SSSR count). The predicted molar refractivity (Wildman–Crippen MR) is 70.6 cm³/mol. The van der Waals surface area contributed by atoms with E-state index in [4.69, 9.17) is 14.2 Å². The summed E-state index contributed by atoms with van der Waals surface area (Å²) in [7, 11) is 0. The van der Waals surface area contributed by atoms with Crippen molar-refractivity contribution in [3.05, 3.63) is 0 Å². The maximum Gasteiger partial charge on any atom is 0.170 e. The molecule has 2 aliphatic rings. The first-order valence-electron chi connectivity index (χ1n) is 7.28. The molecule has 4 heteroatoms. The van der Waals surface area contributed by atoms with Gasteiger partial charge < -0.3 is 19.1 Å². The highest BCUT2D eigenvalue weighted by Gasteiger charge is 2.39. The lowest BCUT2D eigenvalue weighted by atomic mass is 10.0. The average Bonchev–Trinajstić information content (AvgIpc) is 2.80. The standard InChI is InChI=1S/C14H27NO3/c1-13(2)3-9-16-10-8-15-6-4-14(5-7-15)17-11-12-18-14/h13H,3-12H2,1-2H3. The summed E-state index contributed by atoms with van der Waals surface area (Å²) in [6, 6.07) is 0. The van der Waals surface area contributed by atoms with E-state index in [0.717, 1.165) is 71.2 Å². The maximum atomic E-state index is 5.72. The van der Waals surface area contributed by atoms with E-state index in [2.05, 4.69) is 18.7 Å². The van der Waals surface area contributed by atoms with Crippen molar-refractivity contribution >= 4 is 0 Å². The molecule has 0 aliphatic carbocycles. The van der Waals surface area contributed by atoms with Gasteiger partial charge in [-0.2, -0.15) is 0 Å². The van der Waals surface area contributed by atoms with Gasteiger partial charge in [0.1, 0.15) is 0 Å². The fourth-order valence-corrected chi connectivity index (χ4v) is 2.52. The van der Waals surface area contributed by atoms with Crippen molar-refractivity contribution in [1.82, 2.24) is 4.90 Å². The lowest BCUT2D eigenvalue weighted by Crippen LogP contribution is -2.46. The first-order valence-corrected chi connectivity index (χ1v) is 7.28. The van der Waals surface area contributed by atoms with E-state index in [-0.39, 0.29) is 5.79 Å². The molecule has 0 bridgehead atoms. The third kappa shape index (κ3) is 4.19. The third-order valence-corrected chi connectivity index (χ3v) is 3.82.